The van der Waals surface area contributed by atoms with Gasteiger partial charge >= 0.3 is 0 Å². The van der Waals surface area contributed by atoms with Crippen LogP contribution in [0.3, 0.4) is 0 Å². The highest BCUT2D eigenvalue weighted by Gasteiger charge is 2.26. The predicted octanol–water partition coefficient (Wildman–Crippen LogP) is 3.09. The minimum absolute atomic E-state index is 0.481. The number of aromatic nitrogens is 2. The molecule has 0 unspecified atom stereocenters. The van der Waals surface area contributed by atoms with Gasteiger partial charge in [0.05, 0.1) is 20.8 Å². The Morgan fingerprint density at radius 2 is 2.20 bits per heavy atom. The van der Waals surface area contributed by atoms with E-state index in [-0.39, 0.29) is 0 Å². The van der Waals surface area contributed by atoms with Gasteiger partial charge in [0.15, 0.2) is 0 Å². The van der Waals surface area contributed by atoms with Gasteiger partial charge in [-0.3, -0.25) is 0 Å². The number of rotatable bonds is 1. The van der Waals surface area contributed by atoms with Crippen LogP contribution in [0.25, 0.3) is 10.4 Å². The lowest BCUT2D eigenvalue weighted by Gasteiger charge is -2.11. The highest BCUT2D eigenvalue weighted by Crippen LogP contribution is 2.25. The lowest BCUT2D eigenvalue weighted by Crippen LogP contribution is -2.12. The number of hydrogen-bond donors (Lipinski definition) is 0. The van der Waals surface area contributed by atoms with Crippen LogP contribution in [0.2, 0.25) is 0 Å². The van der Waals surface area contributed by atoms with Crippen molar-refractivity contribution in [1.82, 2.24) is 9.61 Å². The van der Waals surface area contributed by atoms with Gasteiger partial charge in [-0.05, 0) is 34.7 Å². The molecule has 0 aliphatic rings. The van der Waals surface area contributed by atoms with Gasteiger partial charge in [0.25, 0.3) is 5.54 Å². The summed E-state index contributed by atoms with van der Waals surface area (Å²) in [4.78, 5) is 3.61. The minimum atomic E-state index is -0.481. The lowest BCUT2D eigenvalue weighted by molar-refractivity contribution is 0.655. The average Bonchev–Trinajstić information content (AvgIpc) is 2.60. The molecule has 2 aromatic heterocycles. The summed E-state index contributed by atoms with van der Waals surface area (Å²) in [5.74, 6) is 0. The van der Waals surface area contributed by atoms with E-state index in [0.717, 1.165) is 14.7 Å². The third-order valence-electron chi connectivity index (χ3n) is 2.46. The Labute approximate surface area is 102 Å². The van der Waals surface area contributed by atoms with Crippen LogP contribution in [0.1, 0.15) is 19.4 Å². The van der Waals surface area contributed by atoms with Crippen LogP contribution in [-0.4, -0.2) is 9.61 Å². The first-order chi connectivity index (χ1) is 7.04. The highest BCUT2D eigenvalue weighted by molar-refractivity contribution is 14.1. The van der Waals surface area contributed by atoms with Gasteiger partial charge in [-0.25, -0.2) is 11.1 Å². The van der Waals surface area contributed by atoms with Crippen molar-refractivity contribution in [3.63, 3.8) is 0 Å². The second-order valence-corrected chi connectivity index (χ2v) is 5.07. The Hall–Kier alpha value is -1.09. The molecule has 0 atom stereocenters. The van der Waals surface area contributed by atoms with Crippen LogP contribution in [-0.2, 0) is 5.54 Å². The van der Waals surface area contributed by atoms with Crippen LogP contribution in [0, 0.1) is 10.1 Å². The second-order valence-electron chi connectivity index (χ2n) is 3.91. The Kier molecular flexibility index (Phi) is 2.43. The van der Waals surface area contributed by atoms with Crippen molar-refractivity contribution in [2.24, 2.45) is 0 Å². The number of nitrogens with zero attached hydrogens (tertiary/aromatic N) is 3. The molecule has 3 nitrogen and oxygen atoms in total. The normalized spacial score (nSPS) is 11.6. The minimum Gasteiger partial charge on any atom is -0.306 e. The standard InChI is InChI=1S/C11H10IN3/c1-11(2,13-3)8-4-5-10-9(12)6-14-15(10)7-8/h4-7H,1-2H3. The topological polar surface area (TPSA) is 21.7 Å². The maximum atomic E-state index is 7.15. The van der Waals surface area contributed by atoms with Gasteiger partial charge in [-0.1, -0.05) is 0 Å². The quantitative estimate of drug-likeness (QED) is 0.586. The van der Waals surface area contributed by atoms with Gasteiger partial charge in [0, 0.05) is 20.0 Å². The van der Waals surface area contributed by atoms with Crippen LogP contribution in [0.5, 0.6) is 0 Å². The molecule has 0 N–H and O–H groups in total. The van der Waals surface area contributed by atoms with E-state index in [1.54, 1.807) is 0 Å². The van der Waals surface area contributed by atoms with Crippen molar-refractivity contribution < 1.29 is 0 Å². The van der Waals surface area contributed by atoms with Gasteiger partial charge < -0.3 is 4.85 Å². The fraction of sp³-hybridized carbons (Fsp3) is 0.273. The fourth-order valence-electron chi connectivity index (χ4n) is 1.38. The van der Waals surface area contributed by atoms with E-state index >= 15 is 0 Å². The van der Waals surface area contributed by atoms with Crippen LogP contribution in [0.15, 0.2) is 24.5 Å². The summed E-state index contributed by atoms with van der Waals surface area (Å²) in [6, 6.07) is 4.01. The number of fused-ring (bicyclic) bond motifs is 1. The maximum absolute atomic E-state index is 7.15. The number of pyridine rings is 1. The number of halogens is 1. The molecule has 0 radical (unpaired) electrons. The maximum Gasteiger partial charge on any atom is 0.253 e. The van der Waals surface area contributed by atoms with Crippen molar-refractivity contribution >= 4 is 28.1 Å². The van der Waals surface area contributed by atoms with Gasteiger partial charge in [-0.15, -0.1) is 0 Å². The van der Waals surface area contributed by atoms with Crippen LogP contribution in [0.4, 0.5) is 0 Å². The zero-order chi connectivity index (χ0) is 11.1. The molecule has 0 aliphatic heterocycles. The Balaban J connectivity index is 2.63. The van der Waals surface area contributed by atoms with E-state index < -0.39 is 5.54 Å². The third kappa shape index (κ3) is 1.72. The summed E-state index contributed by atoms with van der Waals surface area (Å²) in [6.45, 7) is 11.0. The first kappa shape index (κ1) is 10.4. The Morgan fingerprint density at radius 1 is 1.47 bits per heavy atom. The van der Waals surface area contributed by atoms with Crippen LogP contribution < -0.4 is 0 Å². The van der Waals surface area contributed by atoms with Crippen molar-refractivity contribution in [2.45, 2.75) is 19.4 Å². The molecular formula is C11H10IN3. The van der Waals surface area contributed by atoms with E-state index in [0.29, 0.717) is 0 Å². The first-order valence-electron chi connectivity index (χ1n) is 4.56. The van der Waals surface area contributed by atoms with Crippen molar-refractivity contribution in [3.05, 3.63) is 45.1 Å². The lowest BCUT2D eigenvalue weighted by atomic mass is 9.97. The summed E-state index contributed by atoms with van der Waals surface area (Å²) in [6.07, 6.45) is 3.75. The monoisotopic (exact) mass is 311 g/mol. The van der Waals surface area contributed by atoms with Crippen molar-refractivity contribution in [1.29, 1.82) is 0 Å². The Bertz CT molecular complexity index is 548. The third-order valence-corrected chi connectivity index (χ3v) is 3.29. The SMILES string of the molecule is [C-]#[N+]C(C)(C)c1ccc2c(I)cnn2c1. The molecule has 0 amide bonds. The second kappa shape index (κ2) is 3.49. The number of hydrogen-bond acceptors (Lipinski definition) is 1. The Morgan fingerprint density at radius 3 is 2.87 bits per heavy atom. The molecule has 0 saturated carbocycles. The van der Waals surface area contributed by atoms with Crippen molar-refractivity contribution in [2.75, 3.05) is 0 Å². The molecule has 2 aromatic rings. The molecule has 0 aromatic carbocycles. The van der Waals surface area contributed by atoms with E-state index in [9.17, 15) is 0 Å². The van der Waals surface area contributed by atoms with Crippen molar-refractivity contribution in [3.8, 4) is 0 Å². The molecular weight excluding hydrogens is 301 g/mol. The largest absolute Gasteiger partial charge is 0.306 e. The van der Waals surface area contributed by atoms with Gasteiger partial charge in [-0.2, -0.15) is 5.10 Å². The van der Waals surface area contributed by atoms with E-state index in [1.165, 1.54) is 0 Å². The molecule has 2 heterocycles. The molecule has 2 rings (SSSR count). The summed E-state index contributed by atoms with van der Waals surface area (Å²) in [5, 5.41) is 4.23. The van der Waals surface area contributed by atoms with E-state index in [2.05, 4.69) is 32.5 Å². The summed E-state index contributed by atoms with van der Waals surface area (Å²) in [7, 11) is 0. The average molecular weight is 311 g/mol. The molecule has 76 valence electrons. The molecule has 0 aliphatic carbocycles. The van der Waals surface area contributed by atoms with E-state index in [4.69, 9.17) is 6.57 Å². The van der Waals surface area contributed by atoms with Gasteiger partial charge in [0.1, 0.15) is 0 Å². The smallest absolute Gasteiger partial charge is 0.253 e. The summed E-state index contributed by atoms with van der Waals surface area (Å²) >= 11 is 2.25. The molecule has 15 heavy (non-hydrogen) atoms. The summed E-state index contributed by atoms with van der Waals surface area (Å²) < 4.78 is 2.95. The first-order valence-corrected chi connectivity index (χ1v) is 5.64. The molecule has 0 bridgehead atoms. The zero-order valence-corrected chi connectivity index (χ0v) is 10.7. The predicted molar refractivity (Wildman–Crippen MR) is 67.5 cm³/mol. The van der Waals surface area contributed by atoms with Crippen LogP contribution >= 0.6 is 22.6 Å². The molecule has 0 saturated heterocycles. The molecule has 0 fully saturated rings. The zero-order valence-electron chi connectivity index (χ0n) is 8.53. The summed E-state index contributed by atoms with van der Waals surface area (Å²) in [5.41, 5.74) is 1.59. The molecule has 4 heteroatoms. The fourth-order valence-corrected chi connectivity index (χ4v) is 1.93. The molecule has 0 spiro atoms. The van der Waals surface area contributed by atoms with Gasteiger partial charge in [0.2, 0.25) is 0 Å². The highest BCUT2D eigenvalue weighted by atomic mass is 127. The van der Waals surface area contributed by atoms with E-state index in [1.807, 2.05) is 42.9 Å².